The molecule has 1 aliphatic heterocycles. The van der Waals surface area contributed by atoms with E-state index in [2.05, 4.69) is 33.7 Å². The topological polar surface area (TPSA) is 42.2 Å². The van der Waals surface area contributed by atoms with E-state index in [4.69, 9.17) is 4.42 Å². The maximum absolute atomic E-state index is 5.41. The van der Waals surface area contributed by atoms with Crippen molar-refractivity contribution >= 4 is 5.69 Å². The molecule has 0 saturated carbocycles. The van der Waals surface area contributed by atoms with Gasteiger partial charge in [-0.15, -0.1) is 10.2 Å². The summed E-state index contributed by atoms with van der Waals surface area (Å²) in [5, 5.41) is 7.86. The summed E-state index contributed by atoms with van der Waals surface area (Å²) in [6, 6.07) is 8.32. The van der Waals surface area contributed by atoms with E-state index >= 15 is 0 Å². The van der Waals surface area contributed by atoms with Crippen LogP contribution < -0.4 is 4.90 Å². The van der Waals surface area contributed by atoms with Gasteiger partial charge in [0.1, 0.15) is 0 Å². The predicted molar refractivity (Wildman–Crippen MR) is 70.2 cm³/mol. The van der Waals surface area contributed by atoms with Crippen molar-refractivity contribution in [3.63, 3.8) is 0 Å². The summed E-state index contributed by atoms with van der Waals surface area (Å²) in [6.07, 6.45) is 4.80. The van der Waals surface area contributed by atoms with Crippen LogP contribution in [-0.4, -0.2) is 23.3 Å². The predicted octanol–water partition coefficient (Wildman–Crippen LogP) is 2.85. The fourth-order valence-electron chi connectivity index (χ4n) is 2.23. The first-order valence-electron chi connectivity index (χ1n) is 6.30. The minimum atomic E-state index is 0.587. The van der Waals surface area contributed by atoms with Gasteiger partial charge < -0.3 is 9.32 Å². The molecule has 0 spiro atoms. The van der Waals surface area contributed by atoms with E-state index in [1.807, 2.05) is 12.1 Å². The molecule has 2 aromatic rings. The number of aryl methyl sites for hydroxylation is 1. The van der Waals surface area contributed by atoms with Crippen LogP contribution >= 0.6 is 0 Å². The minimum Gasteiger partial charge on any atom is -0.421 e. The summed E-state index contributed by atoms with van der Waals surface area (Å²) < 4.78 is 5.41. The van der Waals surface area contributed by atoms with Gasteiger partial charge in [-0.3, -0.25) is 0 Å². The Morgan fingerprint density at radius 2 is 2.00 bits per heavy atom. The summed E-state index contributed by atoms with van der Waals surface area (Å²) in [5.74, 6) is 1.18. The van der Waals surface area contributed by atoms with Crippen LogP contribution in [0.3, 0.4) is 0 Å². The van der Waals surface area contributed by atoms with E-state index in [1.165, 1.54) is 18.5 Å². The second-order valence-electron chi connectivity index (χ2n) is 4.55. The third kappa shape index (κ3) is 2.23. The Labute approximate surface area is 107 Å². The van der Waals surface area contributed by atoms with Crippen LogP contribution in [0.15, 0.2) is 28.7 Å². The molecule has 1 aromatic heterocycles. The summed E-state index contributed by atoms with van der Waals surface area (Å²) in [6.45, 7) is 3.98. The van der Waals surface area contributed by atoms with E-state index in [9.17, 15) is 0 Å². The number of nitrogens with zero attached hydrogens (tertiary/aromatic N) is 3. The maximum atomic E-state index is 5.41. The fraction of sp³-hybridized carbons (Fsp3) is 0.357. The molecule has 0 aliphatic carbocycles. The van der Waals surface area contributed by atoms with Crippen molar-refractivity contribution < 1.29 is 4.42 Å². The highest BCUT2D eigenvalue weighted by atomic mass is 16.4. The number of hydrogen-bond acceptors (Lipinski definition) is 4. The lowest BCUT2D eigenvalue weighted by atomic mass is 10.1. The van der Waals surface area contributed by atoms with E-state index < -0.39 is 0 Å². The van der Waals surface area contributed by atoms with Crippen molar-refractivity contribution in [2.24, 2.45) is 0 Å². The van der Waals surface area contributed by atoms with Crippen molar-refractivity contribution in [3.05, 3.63) is 36.6 Å². The van der Waals surface area contributed by atoms with Gasteiger partial charge in [0.05, 0.1) is 0 Å². The van der Waals surface area contributed by atoms with Crippen molar-refractivity contribution in [1.29, 1.82) is 0 Å². The third-order valence-electron chi connectivity index (χ3n) is 3.19. The SMILES string of the molecule is Cc1nnc(-c2ccc(N3C[CH]CCC3)cc2)o1. The molecular weight excluding hydrogens is 226 g/mol. The second-order valence-corrected chi connectivity index (χ2v) is 4.55. The summed E-state index contributed by atoms with van der Waals surface area (Å²) in [4.78, 5) is 2.38. The van der Waals surface area contributed by atoms with Crippen LogP contribution in [0.2, 0.25) is 0 Å². The van der Waals surface area contributed by atoms with Crippen LogP contribution in [0, 0.1) is 13.3 Å². The van der Waals surface area contributed by atoms with E-state index in [1.54, 1.807) is 6.92 Å². The largest absolute Gasteiger partial charge is 0.421 e. The van der Waals surface area contributed by atoms with Gasteiger partial charge in [0.25, 0.3) is 0 Å². The fourth-order valence-corrected chi connectivity index (χ4v) is 2.23. The Bertz CT molecular complexity index is 512. The first kappa shape index (κ1) is 11.3. The number of rotatable bonds is 2. The number of hydrogen-bond donors (Lipinski definition) is 0. The Hall–Kier alpha value is -1.84. The zero-order valence-corrected chi connectivity index (χ0v) is 10.5. The Morgan fingerprint density at radius 3 is 2.61 bits per heavy atom. The normalized spacial score (nSPS) is 15.9. The molecule has 0 amide bonds. The smallest absolute Gasteiger partial charge is 0.247 e. The molecule has 1 aliphatic rings. The Balaban J connectivity index is 1.80. The average Bonchev–Trinajstić information content (AvgIpc) is 2.87. The number of anilines is 1. The standard InChI is InChI=1S/C14H16N3O/c1-11-15-16-14(18-11)12-5-7-13(8-6-12)17-9-3-2-4-10-17/h3,5-8H,2,4,9-10H2,1H3. The van der Waals surface area contributed by atoms with Gasteiger partial charge in [0.2, 0.25) is 11.8 Å². The van der Waals surface area contributed by atoms with Crippen molar-refractivity contribution in [3.8, 4) is 11.5 Å². The first-order valence-corrected chi connectivity index (χ1v) is 6.30. The lowest BCUT2D eigenvalue weighted by molar-refractivity contribution is 0.533. The molecule has 1 fully saturated rings. The van der Waals surface area contributed by atoms with Crippen molar-refractivity contribution in [2.45, 2.75) is 19.8 Å². The van der Waals surface area contributed by atoms with Gasteiger partial charge in [-0.25, -0.2) is 0 Å². The molecule has 1 radical (unpaired) electrons. The first-order chi connectivity index (χ1) is 8.83. The number of aromatic nitrogens is 2. The second kappa shape index (κ2) is 4.80. The molecule has 1 aromatic carbocycles. The molecule has 4 heteroatoms. The monoisotopic (exact) mass is 242 g/mol. The van der Waals surface area contributed by atoms with E-state index in [-0.39, 0.29) is 0 Å². The highest BCUT2D eigenvalue weighted by molar-refractivity contribution is 5.59. The summed E-state index contributed by atoms with van der Waals surface area (Å²) in [5.41, 5.74) is 2.23. The minimum absolute atomic E-state index is 0.587. The summed E-state index contributed by atoms with van der Waals surface area (Å²) >= 11 is 0. The maximum Gasteiger partial charge on any atom is 0.247 e. The molecule has 18 heavy (non-hydrogen) atoms. The van der Waals surface area contributed by atoms with Gasteiger partial charge in [0, 0.05) is 31.3 Å². The zero-order valence-electron chi connectivity index (χ0n) is 10.5. The highest BCUT2D eigenvalue weighted by Crippen LogP contribution is 2.24. The van der Waals surface area contributed by atoms with E-state index in [0.29, 0.717) is 11.8 Å². The van der Waals surface area contributed by atoms with Crippen LogP contribution in [0.4, 0.5) is 5.69 Å². The average molecular weight is 242 g/mol. The molecular formula is C14H16N3O. The molecule has 93 valence electrons. The number of benzene rings is 1. The van der Waals surface area contributed by atoms with Crippen molar-refractivity contribution in [2.75, 3.05) is 18.0 Å². The van der Waals surface area contributed by atoms with Crippen LogP contribution in [-0.2, 0) is 0 Å². The molecule has 1 saturated heterocycles. The Morgan fingerprint density at radius 1 is 1.17 bits per heavy atom. The van der Waals surface area contributed by atoms with Crippen LogP contribution in [0.1, 0.15) is 18.7 Å². The number of piperidine rings is 1. The highest BCUT2D eigenvalue weighted by Gasteiger charge is 2.12. The van der Waals surface area contributed by atoms with Crippen LogP contribution in [0.25, 0.3) is 11.5 Å². The quantitative estimate of drug-likeness (QED) is 0.812. The summed E-state index contributed by atoms with van der Waals surface area (Å²) in [7, 11) is 0. The molecule has 0 unspecified atom stereocenters. The molecule has 3 rings (SSSR count). The van der Waals surface area contributed by atoms with Gasteiger partial charge in [-0.1, -0.05) is 0 Å². The molecule has 0 atom stereocenters. The molecule has 2 heterocycles. The van der Waals surface area contributed by atoms with Gasteiger partial charge in [-0.2, -0.15) is 0 Å². The van der Waals surface area contributed by atoms with Crippen LogP contribution in [0.5, 0.6) is 0 Å². The van der Waals surface area contributed by atoms with E-state index in [0.717, 1.165) is 18.7 Å². The zero-order chi connectivity index (χ0) is 12.4. The van der Waals surface area contributed by atoms with Gasteiger partial charge >= 0.3 is 0 Å². The molecule has 0 N–H and O–H groups in total. The lowest BCUT2D eigenvalue weighted by Gasteiger charge is -2.28. The van der Waals surface area contributed by atoms with Crippen molar-refractivity contribution in [1.82, 2.24) is 10.2 Å². The van der Waals surface area contributed by atoms with Gasteiger partial charge in [-0.05, 0) is 43.5 Å². The Kier molecular flexibility index (Phi) is 3.00. The molecule has 4 nitrogen and oxygen atoms in total. The lowest BCUT2D eigenvalue weighted by Crippen LogP contribution is -2.29. The van der Waals surface area contributed by atoms with Gasteiger partial charge in [0.15, 0.2) is 0 Å². The third-order valence-corrected chi connectivity index (χ3v) is 3.19. The molecule has 0 bridgehead atoms.